The van der Waals surface area contributed by atoms with Crippen molar-refractivity contribution in [1.29, 1.82) is 0 Å². The zero-order valence-corrected chi connectivity index (χ0v) is 15.7. The lowest BCUT2D eigenvalue weighted by Gasteiger charge is -2.19. The number of hydrogen-bond acceptors (Lipinski definition) is 6. The maximum absolute atomic E-state index is 6.42. The van der Waals surface area contributed by atoms with E-state index in [1.807, 2.05) is 7.05 Å². The Labute approximate surface area is 155 Å². The first-order valence-electron chi connectivity index (χ1n) is 9.69. The molecule has 0 spiro atoms. The van der Waals surface area contributed by atoms with Crippen LogP contribution in [-0.2, 0) is 4.84 Å². The molecule has 0 saturated heterocycles. The molecule has 4 rings (SSSR count). The standard InChI is InChI=1S/C20H28N4O2/c1-21-13-16-12-18(23-26-16)17-8-7-14(20-22-9-10-24(20)2)11-19(17)25-15-5-3-4-6-15/h7-8,11,15-16,21H,3-6,9-10,12-13H2,1-2H3. The first-order valence-corrected chi connectivity index (χ1v) is 9.69. The van der Waals surface area contributed by atoms with Crippen LogP contribution in [0.15, 0.2) is 28.3 Å². The van der Waals surface area contributed by atoms with Crippen molar-refractivity contribution < 1.29 is 9.57 Å². The van der Waals surface area contributed by atoms with E-state index in [1.54, 1.807) is 0 Å². The molecule has 26 heavy (non-hydrogen) atoms. The van der Waals surface area contributed by atoms with E-state index in [-0.39, 0.29) is 6.10 Å². The molecule has 1 aromatic rings. The second-order valence-electron chi connectivity index (χ2n) is 7.39. The van der Waals surface area contributed by atoms with Gasteiger partial charge in [0, 0.05) is 37.7 Å². The largest absolute Gasteiger partial charge is 0.490 e. The molecule has 6 heteroatoms. The van der Waals surface area contributed by atoms with Gasteiger partial charge in [-0.25, -0.2) is 0 Å². The summed E-state index contributed by atoms with van der Waals surface area (Å²) < 4.78 is 6.42. The van der Waals surface area contributed by atoms with Gasteiger partial charge in [-0.05, 0) is 44.9 Å². The molecule has 0 bridgehead atoms. The van der Waals surface area contributed by atoms with Gasteiger partial charge in [0.1, 0.15) is 17.7 Å². The fourth-order valence-corrected chi connectivity index (χ4v) is 3.95. The Morgan fingerprint density at radius 2 is 2.15 bits per heavy atom. The summed E-state index contributed by atoms with van der Waals surface area (Å²) in [5.41, 5.74) is 3.15. The summed E-state index contributed by atoms with van der Waals surface area (Å²) in [4.78, 5) is 12.4. The van der Waals surface area contributed by atoms with Gasteiger partial charge >= 0.3 is 0 Å². The van der Waals surface area contributed by atoms with Gasteiger partial charge in [-0.3, -0.25) is 4.99 Å². The minimum atomic E-state index is 0.0966. The fraction of sp³-hybridized carbons (Fsp3) is 0.600. The number of ether oxygens (including phenoxy) is 1. The monoisotopic (exact) mass is 356 g/mol. The van der Waals surface area contributed by atoms with Crippen molar-refractivity contribution in [3.05, 3.63) is 29.3 Å². The van der Waals surface area contributed by atoms with Crippen LogP contribution in [0.4, 0.5) is 0 Å². The molecular formula is C20H28N4O2. The van der Waals surface area contributed by atoms with Crippen molar-refractivity contribution in [3.8, 4) is 5.75 Å². The van der Waals surface area contributed by atoms with Gasteiger partial charge < -0.3 is 19.8 Å². The molecule has 1 unspecified atom stereocenters. The zero-order valence-electron chi connectivity index (χ0n) is 15.7. The van der Waals surface area contributed by atoms with Crippen LogP contribution >= 0.6 is 0 Å². The third kappa shape index (κ3) is 3.56. The van der Waals surface area contributed by atoms with Crippen molar-refractivity contribution in [3.63, 3.8) is 0 Å². The topological polar surface area (TPSA) is 58.5 Å². The highest BCUT2D eigenvalue weighted by Gasteiger charge is 2.27. The molecule has 1 aliphatic carbocycles. The Bertz CT molecular complexity index is 710. The highest BCUT2D eigenvalue weighted by Crippen LogP contribution is 2.31. The van der Waals surface area contributed by atoms with E-state index in [0.29, 0.717) is 6.10 Å². The highest BCUT2D eigenvalue weighted by molar-refractivity contribution is 6.06. The van der Waals surface area contributed by atoms with Crippen LogP contribution in [-0.4, -0.2) is 62.4 Å². The van der Waals surface area contributed by atoms with Gasteiger partial charge in [-0.1, -0.05) is 11.2 Å². The van der Waals surface area contributed by atoms with E-state index >= 15 is 0 Å². The van der Waals surface area contributed by atoms with Crippen LogP contribution < -0.4 is 10.1 Å². The van der Waals surface area contributed by atoms with Crippen molar-refractivity contribution in [2.75, 3.05) is 33.7 Å². The molecule has 1 N–H and O–H groups in total. The molecule has 0 radical (unpaired) electrons. The Morgan fingerprint density at radius 1 is 1.31 bits per heavy atom. The molecule has 3 aliphatic rings. The summed E-state index contributed by atoms with van der Waals surface area (Å²) in [5.74, 6) is 1.97. The summed E-state index contributed by atoms with van der Waals surface area (Å²) >= 11 is 0. The number of rotatable bonds is 6. The predicted molar refractivity (Wildman–Crippen MR) is 103 cm³/mol. The average molecular weight is 356 g/mol. The normalized spacial score (nSPS) is 23.2. The lowest BCUT2D eigenvalue weighted by molar-refractivity contribution is 0.0866. The van der Waals surface area contributed by atoms with Crippen molar-refractivity contribution in [2.45, 2.75) is 44.3 Å². The van der Waals surface area contributed by atoms with Crippen LogP contribution in [0.3, 0.4) is 0 Å². The SMILES string of the molecule is CNCC1CC(c2ccc(C3=NCCN3C)cc2OC2CCCC2)=NO1. The highest BCUT2D eigenvalue weighted by atomic mass is 16.6. The summed E-state index contributed by atoms with van der Waals surface area (Å²) in [5, 5.41) is 7.49. The van der Waals surface area contributed by atoms with Crippen LogP contribution in [0.2, 0.25) is 0 Å². The number of likely N-dealkylation sites (N-methyl/N-ethyl adjacent to an activating group) is 2. The summed E-state index contributed by atoms with van der Waals surface area (Å²) in [6, 6.07) is 6.39. The molecule has 1 atom stereocenters. The number of nitrogens with one attached hydrogen (secondary N) is 1. The minimum Gasteiger partial charge on any atom is -0.490 e. The van der Waals surface area contributed by atoms with Crippen molar-refractivity contribution in [2.24, 2.45) is 10.1 Å². The number of amidine groups is 1. The second-order valence-corrected chi connectivity index (χ2v) is 7.39. The molecule has 140 valence electrons. The van der Waals surface area contributed by atoms with E-state index in [4.69, 9.17) is 9.57 Å². The molecule has 1 fully saturated rings. The van der Waals surface area contributed by atoms with E-state index in [0.717, 1.165) is 67.3 Å². The van der Waals surface area contributed by atoms with Gasteiger partial charge in [0.05, 0.1) is 18.4 Å². The van der Waals surface area contributed by atoms with Crippen molar-refractivity contribution >= 4 is 11.5 Å². The number of hydrogen-bond donors (Lipinski definition) is 1. The zero-order chi connectivity index (χ0) is 17.9. The summed E-state index contributed by atoms with van der Waals surface area (Å²) in [6.45, 7) is 2.63. The third-order valence-corrected chi connectivity index (χ3v) is 5.37. The minimum absolute atomic E-state index is 0.0966. The maximum Gasteiger partial charge on any atom is 0.145 e. The first kappa shape index (κ1) is 17.3. The molecule has 2 heterocycles. The van der Waals surface area contributed by atoms with E-state index in [1.165, 1.54) is 12.8 Å². The summed E-state index contributed by atoms with van der Waals surface area (Å²) in [6.07, 6.45) is 5.99. The van der Waals surface area contributed by atoms with Crippen LogP contribution in [0.5, 0.6) is 5.75 Å². The maximum atomic E-state index is 6.42. The number of nitrogens with zero attached hydrogens (tertiary/aromatic N) is 3. The quantitative estimate of drug-likeness (QED) is 0.850. The number of aliphatic imine (C=N–C) groups is 1. The summed E-state index contributed by atoms with van der Waals surface area (Å²) in [7, 11) is 4.03. The van der Waals surface area contributed by atoms with Crippen LogP contribution in [0.1, 0.15) is 43.2 Å². The molecule has 6 nitrogen and oxygen atoms in total. The molecule has 2 aliphatic heterocycles. The Hall–Kier alpha value is -2.08. The Balaban J connectivity index is 1.62. The van der Waals surface area contributed by atoms with Gasteiger partial charge in [0.15, 0.2) is 0 Å². The molecule has 0 aromatic heterocycles. The number of benzene rings is 1. The van der Waals surface area contributed by atoms with Crippen LogP contribution in [0, 0.1) is 0 Å². The smallest absolute Gasteiger partial charge is 0.145 e. The fourth-order valence-electron chi connectivity index (χ4n) is 3.95. The second kappa shape index (κ2) is 7.66. The first-order chi connectivity index (χ1) is 12.7. The van der Waals surface area contributed by atoms with Gasteiger partial charge in [-0.2, -0.15) is 0 Å². The van der Waals surface area contributed by atoms with E-state index < -0.39 is 0 Å². The van der Waals surface area contributed by atoms with Gasteiger partial charge in [-0.15, -0.1) is 0 Å². The van der Waals surface area contributed by atoms with Crippen LogP contribution in [0.25, 0.3) is 0 Å². The molecule has 1 aromatic carbocycles. The average Bonchev–Trinajstić information content (AvgIpc) is 3.38. The lowest BCUT2D eigenvalue weighted by atomic mass is 10.0. The lowest BCUT2D eigenvalue weighted by Crippen LogP contribution is -2.24. The Kier molecular flexibility index (Phi) is 5.11. The molecular weight excluding hydrogens is 328 g/mol. The van der Waals surface area contributed by atoms with E-state index in [9.17, 15) is 0 Å². The van der Waals surface area contributed by atoms with Gasteiger partial charge in [0.25, 0.3) is 0 Å². The van der Waals surface area contributed by atoms with Gasteiger partial charge in [0.2, 0.25) is 0 Å². The number of oxime groups is 1. The molecule has 1 saturated carbocycles. The third-order valence-electron chi connectivity index (χ3n) is 5.37. The predicted octanol–water partition coefficient (Wildman–Crippen LogP) is 2.41. The molecule has 0 amide bonds. The van der Waals surface area contributed by atoms with Crippen molar-refractivity contribution in [1.82, 2.24) is 10.2 Å². The Morgan fingerprint density at radius 3 is 2.88 bits per heavy atom. The van der Waals surface area contributed by atoms with E-state index in [2.05, 4.69) is 45.6 Å².